The fourth-order valence-electron chi connectivity index (χ4n) is 2.33. The first kappa shape index (κ1) is 14.8. The van der Waals surface area contributed by atoms with Crippen LogP contribution in [0.4, 0.5) is 0 Å². The van der Waals surface area contributed by atoms with Crippen molar-refractivity contribution >= 4 is 23.5 Å². The van der Waals surface area contributed by atoms with E-state index in [-0.39, 0.29) is 18.9 Å². The van der Waals surface area contributed by atoms with Gasteiger partial charge in [0.1, 0.15) is 0 Å². The van der Waals surface area contributed by atoms with E-state index in [1.54, 1.807) is 25.1 Å². The lowest BCUT2D eigenvalue weighted by Gasteiger charge is -2.27. The number of halogens is 1. The van der Waals surface area contributed by atoms with Gasteiger partial charge in [-0.25, -0.2) is 0 Å². The van der Waals surface area contributed by atoms with Gasteiger partial charge in [0.05, 0.1) is 18.6 Å². The first-order valence-corrected chi connectivity index (χ1v) is 6.68. The number of aryl methyl sites for hydroxylation is 1. The number of carbonyl (C=O) groups is 2. The van der Waals surface area contributed by atoms with E-state index >= 15 is 0 Å². The van der Waals surface area contributed by atoms with Crippen LogP contribution in [0.1, 0.15) is 28.8 Å². The zero-order valence-corrected chi connectivity index (χ0v) is 11.9. The Morgan fingerprint density at radius 1 is 1.50 bits per heavy atom. The van der Waals surface area contributed by atoms with Crippen LogP contribution in [0.15, 0.2) is 18.2 Å². The van der Waals surface area contributed by atoms with Gasteiger partial charge in [0, 0.05) is 17.2 Å². The molecule has 1 amide bonds. The summed E-state index contributed by atoms with van der Waals surface area (Å²) in [5, 5.41) is 12.3. The molecule has 0 saturated carbocycles. The molecule has 1 aliphatic heterocycles. The van der Waals surface area contributed by atoms with E-state index in [0.717, 1.165) is 5.56 Å². The van der Waals surface area contributed by atoms with Crippen molar-refractivity contribution in [1.82, 2.24) is 5.32 Å². The number of hydrogen-bond acceptors (Lipinski definition) is 3. The minimum atomic E-state index is -0.960. The van der Waals surface area contributed by atoms with Crippen molar-refractivity contribution in [3.05, 3.63) is 34.3 Å². The van der Waals surface area contributed by atoms with Gasteiger partial charge in [-0.3, -0.25) is 9.59 Å². The van der Waals surface area contributed by atoms with Crippen molar-refractivity contribution in [3.8, 4) is 0 Å². The molecule has 2 rings (SSSR count). The standard InChI is InChI=1S/C14H16ClNO4/c1-9-2-3-10(15)6-11(9)13(19)16-14(7-12(17)18)4-5-20-8-14/h2-3,6H,4-5,7-8H2,1H3,(H,16,19)(H,17,18). The monoisotopic (exact) mass is 297 g/mol. The van der Waals surface area contributed by atoms with Gasteiger partial charge in [-0.05, 0) is 31.0 Å². The quantitative estimate of drug-likeness (QED) is 0.891. The van der Waals surface area contributed by atoms with E-state index in [1.165, 1.54) is 0 Å². The molecule has 0 aromatic heterocycles. The molecule has 0 spiro atoms. The number of nitrogens with one attached hydrogen (secondary N) is 1. The summed E-state index contributed by atoms with van der Waals surface area (Å²) >= 11 is 5.90. The number of aliphatic carboxylic acids is 1. The molecule has 0 radical (unpaired) electrons. The van der Waals surface area contributed by atoms with Gasteiger partial charge in [0.15, 0.2) is 0 Å². The highest BCUT2D eigenvalue weighted by atomic mass is 35.5. The lowest BCUT2D eigenvalue weighted by molar-refractivity contribution is -0.138. The molecule has 1 atom stereocenters. The van der Waals surface area contributed by atoms with Gasteiger partial charge in [-0.1, -0.05) is 17.7 Å². The second-order valence-electron chi connectivity index (χ2n) is 5.07. The molecule has 1 heterocycles. The van der Waals surface area contributed by atoms with Crippen molar-refractivity contribution in [2.45, 2.75) is 25.3 Å². The Kier molecular flexibility index (Phi) is 4.30. The number of carbonyl (C=O) groups excluding carboxylic acids is 1. The molecular formula is C14H16ClNO4. The SMILES string of the molecule is Cc1ccc(Cl)cc1C(=O)NC1(CC(=O)O)CCOC1. The molecule has 6 heteroatoms. The topological polar surface area (TPSA) is 75.6 Å². The Hall–Kier alpha value is -1.59. The normalized spacial score (nSPS) is 21.7. The number of hydrogen-bond donors (Lipinski definition) is 2. The summed E-state index contributed by atoms with van der Waals surface area (Å²) in [6, 6.07) is 5.04. The smallest absolute Gasteiger partial charge is 0.305 e. The van der Waals surface area contributed by atoms with Crippen LogP contribution in [0.3, 0.4) is 0 Å². The Balaban J connectivity index is 2.20. The number of rotatable bonds is 4. The molecular weight excluding hydrogens is 282 g/mol. The molecule has 0 aliphatic carbocycles. The summed E-state index contributed by atoms with van der Waals surface area (Å²) < 4.78 is 5.25. The average Bonchev–Trinajstić information content (AvgIpc) is 2.79. The van der Waals surface area contributed by atoms with Crippen molar-refractivity contribution in [1.29, 1.82) is 0 Å². The van der Waals surface area contributed by atoms with Gasteiger partial charge in [0.25, 0.3) is 5.91 Å². The van der Waals surface area contributed by atoms with Crippen LogP contribution in [0.5, 0.6) is 0 Å². The molecule has 1 aromatic carbocycles. The number of ether oxygens (including phenoxy) is 1. The molecule has 0 bridgehead atoms. The van der Waals surface area contributed by atoms with Crippen molar-refractivity contribution in [3.63, 3.8) is 0 Å². The number of carboxylic acids is 1. The van der Waals surface area contributed by atoms with Crippen LogP contribution in [0, 0.1) is 6.92 Å². The largest absolute Gasteiger partial charge is 0.481 e. The molecule has 20 heavy (non-hydrogen) atoms. The molecule has 1 fully saturated rings. The lowest BCUT2D eigenvalue weighted by atomic mass is 9.93. The maximum Gasteiger partial charge on any atom is 0.305 e. The molecule has 1 saturated heterocycles. The summed E-state index contributed by atoms with van der Waals surface area (Å²) in [5.74, 6) is -1.28. The Morgan fingerprint density at radius 2 is 2.25 bits per heavy atom. The minimum Gasteiger partial charge on any atom is -0.481 e. The Labute approximate surface area is 121 Å². The minimum absolute atomic E-state index is 0.154. The van der Waals surface area contributed by atoms with E-state index in [2.05, 4.69) is 5.32 Å². The third-order valence-electron chi connectivity index (χ3n) is 3.42. The highest BCUT2D eigenvalue weighted by Crippen LogP contribution is 2.24. The molecule has 1 aromatic rings. The van der Waals surface area contributed by atoms with Gasteiger partial charge in [-0.2, -0.15) is 0 Å². The van der Waals surface area contributed by atoms with Crippen LogP contribution >= 0.6 is 11.6 Å². The number of amides is 1. The van der Waals surface area contributed by atoms with Crippen LogP contribution in [0.25, 0.3) is 0 Å². The van der Waals surface area contributed by atoms with Crippen molar-refractivity contribution in [2.24, 2.45) is 0 Å². The van der Waals surface area contributed by atoms with Crippen LogP contribution in [-0.4, -0.2) is 35.7 Å². The van der Waals surface area contributed by atoms with Gasteiger partial charge in [0.2, 0.25) is 0 Å². The third kappa shape index (κ3) is 3.29. The van der Waals surface area contributed by atoms with Crippen molar-refractivity contribution in [2.75, 3.05) is 13.2 Å². The maximum absolute atomic E-state index is 12.3. The summed E-state index contributed by atoms with van der Waals surface area (Å²) in [5.41, 5.74) is 0.406. The van der Waals surface area contributed by atoms with Crippen LogP contribution < -0.4 is 5.32 Å². The van der Waals surface area contributed by atoms with E-state index in [0.29, 0.717) is 23.6 Å². The molecule has 5 nitrogen and oxygen atoms in total. The van der Waals surface area contributed by atoms with E-state index in [9.17, 15) is 9.59 Å². The lowest BCUT2D eigenvalue weighted by Crippen LogP contribution is -2.50. The zero-order chi connectivity index (χ0) is 14.8. The second-order valence-corrected chi connectivity index (χ2v) is 5.50. The maximum atomic E-state index is 12.3. The van der Waals surface area contributed by atoms with Gasteiger partial charge < -0.3 is 15.2 Å². The first-order valence-electron chi connectivity index (χ1n) is 6.30. The summed E-state index contributed by atoms with van der Waals surface area (Å²) in [6.07, 6.45) is 0.336. The molecule has 1 aliphatic rings. The molecule has 2 N–H and O–H groups in total. The second kappa shape index (κ2) is 5.81. The predicted molar refractivity (Wildman–Crippen MR) is 74.1 cm³/mol. The van der Waals surface area contributed by atoms with Gasteiger partial charge in [-0.15, -0.1) is 0 Å². The van der Waals surface area contributed by atoms with Crippen LogP contribution in [-0.2, 0) is 9.53 Å². The van der Waals surface area contributed by atoms with E-state index in [4.69, 9.17) is 21.4 Å². The van der Waals surface area contributed by atoms with E-state index < -0.39 is 11.5 Å². The summed E-state index contributed by atoms with van der Waals surface area (Å²) in [4.78, 5) is 23.3. The Bertz CT molecular complexity index is 538. The fraction of sp³-hybridized carbons (Fsp3) is 0.429. The van der Waals surface area contributed by atoms with Crippen LogP contribution in [0.2, 0.25) is 5.02 Å². The highest BCUT2D eigenvalue weighted by Gasteiger charge is 2.39. The van der Waals surface area contributed by atoms with E-state index in [1.807, 2.05) is 0 Å². The number of benzene rings is 1. The Morgan fingerprint density at radius 3 is 2.85 bits per heavy atom. The summed E-state index contributed by atoms with van der Waals surface area (Å²) in [6.45, 7) is 2.47. The molecule has 1 unspecified atom stereocenters. The van der Waals surface area contributed by atoms with Crippen molar-refractivity contribution < 1.29 is 19.4 Å². The highest BCUT2D eigenvalue weighted by molar-refractivity contribution is 6.31. The van der Waals surface area contributed by atoms with Gasteiger partial charge >= 0.3 is 5.97 Å². The zero-order valence-electron chi connectivity index (χ0n) is 11.1. The fourth-order valence-corrected chi connectivity index (χ4v) is 2.50. The average molecular weight is 298 g/mol. The molecule has 108 valence electrons. The third-order valence-corrected chi connectivity index (χ3v) is 3.65. The number of carboxylic acid groups (broad SMARTS) is 1. The summed E-state index contributed by atoms with van der Waals surface area (Å²) in [7, 11) is 0. The predicted octanol–water partition coefficient (Wildman–Crippen LogP) is 2.01. The first-order chi connectivity index (χ1) is 9.42.